The van der Waals surface area contributed by atoms with Crippen molar-refractivity contribution in [3.8, 4) is 56.4 Å². The zero-order chi connectivity index (χ0) is 25.0. The Labute approximate surface area is 224 Å². The molecule has 5 aromatic carbocycles. The Morgan fingerprint density at radius 3 is 1.14 bits per heavy atom. The van der Waals surface area contributed by atoms with Crippen LogP contribution in [0.15, 0.2) is 138 Å². The molecule has 0 aliphatic heterocycles. The van der Waals surface area contributed by atoms with E-state index in [1.54, 1.807) is 0 Å². The van der Waals surface area contributed by atoms with Gasteiger partial charge in [-0.1, -0.05) is 143 Å². The van der Waals surface area contributed by atoms with Gasteiger partial charge in [-0.2, -0.15) is 0 Å². The molecule has 0 unspecified atom stereocenters. The van der Waals surface area contributed by atoms with Crippen molar-refractivity contribution >= 4 is 15.9 Å². The monoisotopic (exact) mass is 539 g/mol. The van der Waals surface area contributed by atoms with Crippen LogP contribution in [0.2, 0.25) is 0 Å². The van der Waals surface area contributed by atoms with Crippen molar-refractivity contribution in [1.82, 2.24) is 15.0 Å². The quantitative estimate of drug-likeness (QED) is 0.219. The van der Waals surface area contributed by atoms with Crippen LogP contribution in [0.4, 0.5) is 0 Å². The van der Waals surface area contributed by atoms with Crippen LogP contribution in [-0.2, 0) is 0 Å². The molecule has 176 valence electrons. The predicted molar refractivity (Wildman–Crippen MR) is 155 cm³/mol. The van der Waals surface area contributed by atoms with E-state index in [1.165, 1.54) is 11.1 Å². The molecule has 1 aromatic heterocycles. The third-order valence-corrected chi connectivity index (χ3v) is 6.94. The molecular weight excluding hydrogens is 518 g/mol. The molecule has 3 nitrogen and oxygen atoms in total. The Kier molecular flexibility index (Phi) is 6.40. The molecule has 0 bridgehead atoms. The lowest BCUT2D eigenvalue weighted by atomic mass is 9.99. The summed E-state index contributed by atoms with van der Waals surface area (Å²) in [4.78, 5) is 14.4. The molecule has 6 rings (SSSR count). The van der Waals surface area contributed by atoms with Gasteiger partial charge in [-0.25, -0.2) is 15.0 Å². The van der Waals surface area contributed by atoms with E-state index >= 15 is 0 Å². The summed E-state index contributed by atoms with van der Waals surface area (Å²) in [6, 6.07) is 45.4. The third-order valence-electron chi connectivity index (χ3n) is 6.25. The van der Waals surface area contributed by atoms with Crippen LogP contribution in [0.1, 0.15) is 0 Å². The van der Waals surface area contributed by atoms with Gasteiger partial charge in [-0.3, -0.25) is 0 Å². The number of nitrogens with zero attached hydrogens (tertiary/aromatic N) is 3. The lowest BCUT2D eigenvalue weighted by Crippen LogP contribution is -2.00. The molecule has 0 saturated carbocycles. The average Bonchev–Trinajstić information content (AvgIpc) is 2.98. The molecule has 6 aromatic rings. The second kappa shape index (κ2) is 10.3. The van der Waals surface area contributed by atoms with E-state index in [0.29, 0.717) is 17.5 Å². The summed E-state index contributed by atoms with van der Waals surface area (Å²) in [6.45, 7) is 0. The van der Waals surface area contributed by atoms with Crippen molar-refractivity contribution in [2.24, 2.45) is 0 Å². The highest BCUT2D eigenvalue weighted by molar-refractivity contribution is 9.10. The fourth-order valence-electron chi connectivity index (χ4n) is 4.29. The summed E-state index contributed by atoms with van der Waals surface area (Å²) in [5.41, 5.74) is 7.54. The van der Waals surface area contributed by atoms with E-state index in [1.807, 2.05) is 66.7 Å². The molecule has 1 heterocycles. The van der Waals surface area contributed by atoms with E-state index in [9.17, 15) is 0 Å². The van der Waals surface area contributed by atoms with Crippen LogP contribution in [0.5, 0.6) is 0 Å². The van der Waals surface area contributed by atoms with E-state index in [2.05, 4.69) is 82.7 Å². The zero-order valence-corrected chi connectivity index (χ0v) is 21.5. The number of hydrogen-bond acceptors (Lipinski definition) is 3. The van der Waals surface area contributed by atoms with Gasteiger partial charge in [0.15, 0.2) is 17.5 Å². The Hall–Kier alpha value is -4.41. The van der Waals surface area contributed by atoms with E-state index in [0.717, 1.165) is 32.3 Å². The Morgan fingerprint density at radius 1 is 0.324 bits per heavy atom. The van der Waals surface area contributed by atoms with Crippen molar-refractivity contribution < 1.29 is 0 Å². The van der Waals surface area contributed by atoms with Gasteiger partial charge in [0.1, 0.15) is 0 Å². The first-order chi connectivity index (χ1) is 18.2. The maximum Gasteiger partial charge on any atom is 0.164 e. The summed E-state index contributed by atoms with van der Waals surface area (Å²) in [7, 11) is 0. The number of rotatable bonds is 5. The van der Waals surface area contributed by atoms with Crippen molar-refractivity contribution in [3.63, 3.8) is 0 Å². The third kappa shape index (κ3) is 4.97. The molecule has 0 spiro atoms. The molecule has 0 saturated heterocycles. The van der Waals surface area contributed by atoms with Gasteiger partial charge in [0.25, 0.3) is 0 Å². The van der Waals surface area contributed by atoms with E-state index in [4.69, 9.17) is 15.0 Å². The highest BCUT2D eigenvalue weighted by atomic mass is 79.9. The summed E-state index contributed by atoms with van der Waals surface area (Å²) in [5, 5.41) is 0. The first-order valence-corrected chi connectivity index (χ1v) is 12.9. The van der Waals surface area contributed by atoms with Gasteiger partial charge < -0.3 is 0 Å². The summed E-state index contributed by atoms with van der Waals surface area (Å²) >= 11 is 3.65. The Bertz CT molecular complexity index is 1590. The average molecular weight is 540 g/mol. The van der Waals surface area contributed by atoms with Crippen molar-refractivity contribution in [3.05, 3.63) is 138 Å². The molecule has 0 atom stereocenters. The number of halogens is 1. The summed E-state index contributed by atoms with van der Waals surface area (Å²) in [5.74, 6) is 1.98. The lowest BCUT2D eigenvalue weighted by molar-refractivity contribution is 1.07. The normalized spacial score (nSPS) is 10.8. The maximum atomic E-state index is 4.83. The van der Waals surface area contributed by atoms with E-state index < -0.39 is 0 Å². The standard InChI is InChI=1S/C33H22BrN3/c34-30-14-8-7-13-29(30)25-19-15-23(16-20-25)24-17-21-28(22-18-24)33-36-31(26-9-3-1-4-10-26)35-32(37-33)27-11-5-2-6-12-27/h1-22H. The van der Waals surface area contributed by atoms with E-state index in [-0.39, 0.29) is 0 Å². The van der Waals surface area contributed by atoms with Crippen LogP contribution in [0.3, 0.4) is 0 Å². The Morgan fingerprint density at radius 2 is 0.676 bits per heavy atom. The van der Waals surface area contributed by atoms with Crippen molar-refractivity contribution in [1.29, 1.82) is 0 Å². The minimum atomic E-state index is 0.656. The maximum absolute atomic E-state index is 4.83. The van der Waals surface area contributed by atoms with Crippen LogP contribution in [-0.4, -0.2) is 15.0 Å². The molecule has 0 N–H and O–H groups in total. The molecular formula is C33H22BrN3. The molecule has 0 aliphatic carbocycles. The molecule has 37 heavy (non-hydrogen) atoms. The predicted octanol–water partition coefficient (Wildman–Crippen LogP) is 8.97. The second-order valence-corrected chi connectivity index (χ2v) is 9.53. The fourth-order valence-corrected chi connectivity index (χ4v) is 4.80. The largest absolute Gasteiger partial charge is 0.208 e. The van der Waals surface area contributed by atoms with Crippen LogP contribution in [0.25, 0.3) is 56.4 Å². The highest BCUT2D eigenvalue weighted by Gasteiger charge is 2.12. The van der Waals surface area contributed by atoms with Crippen molar-refractivity contribution in [2.45, 2.75) is 0 Å². The topological polar surface area (TPSA) is 38.7 Å². The van der Waals surface area contributed by atoms with Gasteiger partial charge in [0.2, 0.25) is 0 Å². The first kappa shape index (κ1) is 23.0. The molecule has 4 heteroatoms. The SMILES string of the molecule is Brc1ccccc1-c1ccc(-c2ccc(-c3nc(-c4ccccc4)nc(-c4ccccc4)n3)cc2)cc1. The Balaban J connectivity index is 1.34. The van der Waals surface area contributed by atoms with Gasteiger partial charge in [0.05, 0.1) is 0 Å². The summed E-state index contributed by atoms with van der Waals surface area (Å²) in [6.07, 6.45) is 0. The number of hydrogen-bond donors (Lipinski definition) is 0. The minimum absolute atomic E-state index is 0.656. The van der Waals surface area contributed by atoms with Crippen LogP contribution < -0.4 is 0 Å². The zero-order valence-electron chi connectivity index (χ0n) is 19.9. The summed E-state index contributed by atoms with van der Waals surface area (Å²) < 4.78 is 1.09. The minimum Gasteiger partial charge on any atom is -0.208 e. The highest BCUT2D eigenvalue weighted by Crippen LogP contribution is 2.31. The smallest absolute Gasteiger partial charge is 0.164 e. The number of aromatic nitrogens is 3. The van der Waals surface area contributed by atoms with Gasteiger partial charge in [-0.15, -0.1) is 0 Å². The second-order valence-electron chi connectivity index (χ2n) is 8.67. The van der Waals surface area contributed by atoms with Crippen molar-refractivity contribution in [2.75, 3.05) is 0 Å². The van der Waals surface area contributed by atoms with Gasteiger partial charge in [0, 0.05) is 21.2 Å². The van der Waals surface area contributed by atoms with Gasteiger partial charge >= 0.3 is 0 Å². The lowest BCUT2D eigenvalue weighted by Gasteiger charge is -2.09. The first-order valence-electron chi connectivity index (χ1n) is 12.1. The van der Waals surface area contributed by atoms with Gasteiger partial charge in [-0.05, 0) is 28.3 Å². The fraction of sp³-hybridized carbons (Fsp3) is 0. The molecule has 0 fully saturated rings. The number of benzene rings is 5. The molecule has 0 aliphatic rings. The van der Waals surface area contributed by atoms with Crippen LogP contribution >= 0.6 is 15.9 Å². The molecule has 0 amide bonds. The van der Waals surface area contributed by atoms with Crippen LogP contribution in [0, 0.1) is 0 Å². The molecule has 0 radical (unpaired) electrons.